The summed E-state index contributed by atoms with van der Waals surface area (Å²) in [7, 11) is 0. The van der Waals surface area contributed by atoms with Gasteiger partial charge in [-0.1, -0.05) is 32.0 Å². The summed E-state index contributed by atoms with van der Waals surface area (Å²) in [6.45, 7) is 4.78. The number of nitrogens with zero attached hydrogens (tertiary/aromatic N) is 3. The fourth-order valence-electron chi connectivity index (χ4n) is 2.47. The number of hydrogen-bond acceptors (Lipinski definition) is 4. The summed E-state index contributed by atoms with van der Waals surface area (Å²) in [5, 5.41) is 18.9. The highest BCUT2D eigenvalue weighted by atomic mass is 16.3. The second-order valence-electron chi connectivity index (χ2n) is 5.68. The van der Waals surface area contributed by atoms with Gasteiger partial charge >= 0.3 is 5.91 Å². The summed E-state index contributed by atoms with van der Waals surface area (Å²) in [5.74, 6) is -0.114. The van der Waals surface area contributed by atoms with Crippen LogP contribution in [-0.4, -0.2) is 15.6 Å². The van der Waals surface area contributed by atoms with Crippen molar-refractivity contribution in [2.24, 2.45) is 16.1 Å². The first-order valence-electron chi connectivity index (χ1n) is 7.37. The quantitative estimate of drug-likeness (QED) is 0.719. The highest BCUT2D eigenvalue weighted by molar-refractivity contribution is 5.96. The lowest BCUT2D eigenvalue weighted by Gasteiger charge is -2.09. The predicted octanol–water partition coefficient (Wildman–Crippen LogP) is 4.52. The van der Waals surface area contributed by atoms with E-state index in [2.05, 4.69) is 24.1 Å². The Morgan fingerprint density at radius 1 is 1.26 bits per heavy atom. The van der Waals surface area contributed by atoms with Crippen LogP contribution in [0, 0.1) is 5.92 Å². The molecule has 0 atom stereocenters. The van der Waals surface area contributed by atoms with Crippen LogP contribution >= 0.6 is 0 Å². The van der Waals surface area contributed by atoms with E-state index in [9.17, 15) is 9.90 Å². The standard InChI is InChI=1S/C17H17N3O3/c1-11(2)10-20-13-7-4-3-6-12(13)15(17(20)22)18-19-16(21)14-8-5-9-23-14/h3-9,11,22H,10H2,1-2H3. The lowest BCUT2D eigenvalue weighted by atomic mass is 10.2. The van der Waals surface area contributed by atoms with Crippen LogP contribution < -0.4 is 0 Å². The molecule has 0 spiro atoms. The van der Waals surface area contributed by atoms with Crippen LogP contribution in [0.4, 0.5) is 5.69 Å². The topological polar surface area (TPSA) is 80.1 Å². The smallest absolute Gasteiger partial charge is 0.331 e. The van der Waals surface area contributed by atoms with Crippen LogP contribution in [0.5, 0.6) is 5.88 Å². The minimum Gasteiger partial charge on any atom is -0.493 e. The van der Waals surface area contributed by atoms with Crippen molar-refractivity contribution in [3.63, 3.8) is 0 Å². The molecule has 0 unspecified atom stereocenters. The van der Waals surface area contributed by atoms with E-state index < -0.39 is 5.91 Å². The molecule has 0 bridgehead atoms. The van der Waals surface area contributed by atoms with Crippen LogP contribution in [0.2, 0.25) is 0 Å². The van der Waals surface area contributed by atoms with Gasteiger partial charge in [-0.05, 0) is 24.1 Å². The van der Waals surface area contributed by atoms with Crippen molar-refractivity contribution in [1.29, 1.82) is 0 Å². The van der Waals surface area contributed by atoms with Gasteiger partial charge in [-0.15, -0.1) is 10.2 Å². The van der Waals surface area contributed by atoms with Gasteiger partial charge in [-0.2, -0.15) is 0 Å². The second-order valence-corrected chi connectivity index (χ2v) is 5.68. The second kappa shape index (κ2) is 6.08. The van der Waals surface area contributed by atoms with E-state index in [1.807, 2.05) is 24.3 Å². The Morgan fingerprint density at radius 3 is 2.74 bits per heavy atom. The minimum absolute atomic E-state index is 0.0101. The number of benzene rings is 1. The number of rotatable bonds is 4. The molecule has 3 aromatic rings. The molecule has 0 aliphatic carbocycles. The first-order chi connectivity index (χ1) is 11.1. The van der Waals surface area contributed by atoms with Crippen molar-refractivity contribution in [3.8, 4) is 5.88 Å². The van der Waals surface area contributed by atoms with Crippen LogP contribution in [0.25, 0.3) is 10.9 Å². The molecule has 3 rings (SSSR count). The maximum Gasteiger partial charge on any atom is 0.331 e. The number of amides is 1. The number of aromatic hydroxyl groups is 1. The lowest BCUT2D eigenvalue weighted by molar-refractivity contribution is 0.0968. The number of hydrogen-bond donors (Lipinski definition) is 1. The Labute approximate surface area is 133 Å². The van der Waals surface area contributed by atoms with E-state index in [4.69, 9.17) is 4.42 Å². The maximum absolute atomic E-state index is 11.9. The van der Waals surface area contributed by atoms with Crippen LogP contribution in [0.1, 0.15) is 24.4 Å². The summed E-state index contributed by atoms with van der Waals surface area (Å²) < 4.78 is 6.77. The Morgan fingerprint density at radius 2 is 2.04 bits per heavy atom. The highest BCUT2D eigenvalue weighted by Gasteiger charge is 2.17. The molecule has 118 valence electrons. The molecule has 1 N–H and O–H groups in total. The van der Waals surface area contributed by atoms with Gasteiger partial charge in [0, 0.05) is 11.9 Å². The lowest BCUT2D eigenvalue weighted by Crippen LogP contribution is -2.03. The average Bonchev–Trinajstić information content (AvgIpc) is 3.14. The molecule has 0 saturated carbocycles. The van der Waals surface area contributed by atoms with Gasteiger partial charge < -0.3 is 14.1 Å². The fraction of sp³-hybridized carbons (Fsp3) is 0.235. The summed E-state index contributed by atoms with van der Waals surface area (Å²) >= 11 is 0. The number of furan rings is 1. The number of para-hydroxylation sites is 1. The van der Waals surface area contributed by atoms with Crippen LogP contribution in [0.15, 0.2) is 57.3 Å². The molecule has 2 heterocycles. The van der Waals surface area contributed by atoms with Crippen molar-refractivity contribution in [2.45, 2.75) is 20.4 Å². The van der Waals surface area contributed by atoms with Gasteiger partial charge in [0.05, 0.1) is 11.8 Å². The maximum atomic E-state index is 11.9. The van der Waals surface area contributed by atoms with Crippen molar-refractivity contribution < 1.29 is 14.3 Å². The number of azo groups is 1. The molecular weight excluding hydrogens is 294 g/mol. The van der Waals surface area contributed by atoms with Gasteiger partial charge in [0.25, 0.3) is 0 Å². The number of carbonyl (C=O) groups excluding carboxylic acids is 1. The van der Waals surface area contributed by atoms with Crippen LogP contribution in [-0.2, 0) is 6.54 Å². The molecule has 23 heavy (non-hydrogen) atoms. The first kappa shape index (κ1) is 15.0. The van der Waals surface area contributed by atoms with Crippen molar-refractivity contribution in [1.82, 2.24) is 4.57 Å². The van der Waals surface area contributed by atoms with E-state index in [0.29, 0.717) is 18.2 Å². The van der Waals surface area contributed by atoms with E-state index >= 15 is 0 Å². The number of carbonyl (C=O) groups is 1. The third-order valence-corrected chi connectivity index (χ3v) is 3.44. The monoisotopic (exact) mass is 311 g/mol. The zero-order valence-corrected chi connectivity index (χ0v) is 12.9. The fourth-order valence-corrected chi connectivity index (χ4v) is 2.47. The molecular formula is C17H17N3O3. The average molecular weight is 311 g/mol. The molecule has 0 saturated heterocycles. The van der Waals surface area contributed by atoms with Gasteiger partial charge in [-0.25, -0.2) is 0 Å². The SMILES string of the molecule is CC(C)Cn1c(O)c(N=NC(=O)c2ccco2)c2ccccc21. The van der Waals surface area contributed by atoms with E-state index in [0.717, 1.165) is 10.9 Å². The van der Waals surface area contributed by atoms with Gasteiger partial charge in [0.1, 0.15) is 0 Å². The molecule has 1 amide bonds. The third-order valence-electron chi connectivity index (χ3n) is 3.44. The summed E-state index contributed by atoms with van der Waals surface area (Å²) in [4.78, 5) is 11.9. The normalized spacial score (nSPS) is 11.8. The third kappa shape index (κ3) is 2.88. The Balaban J connectivity index is 2.03. The number of aromatic nitrogens is 1. The zero-order valence-electron chi connectivity index (χ0n) is 12.9. The van der Waals surface area contributed by atoms with Crippen LogP contribution in [0.3, 0.4) is 0 Å². The minimum atomic E-state index is -0.588. The van der Waals surface area contributed by atoms with Gasteiger partial charge in [-0.3, -0.25) is 4.79 Å². The van der Waals surface area contributed by atoms with E-state index in [-0.39, 0.29) is 11.6 Å². The molecule has 0 aliphatic heterocycles. The first-order valence-corrected chi connectivity index (χ1v) is 7.37. The van der Waals surface area contributed by atoms with Crippen molar-refractivity contribution in [2.75, 3.05) is 0 Å². The summed E-state index contributed by atoms with van der Waals surface area (Å²) in [6.07, 6.45) is 1.40. The summed E-state index contributed by atoms with van der Waals surface area (Å²) in [5.41, 5.74) is 1.15. The summed E-state index contributed by atoms with van der Waals surface area (Å²) in [6, 6.07) is 10.6. The molecule has 0 aliphatic rings. The Bertz CT molecular complexity index is 861. The molecule has 6 heteroatoms. The Kier molecular flexibility index (Phi) is 3.97. The van der Waals surface area contributed by atoms with Gasteiger partial charge in [0.2, 0.25) is 5.88 Å². The molecule has 6 nitrogen and oxygen atoms in total. The van der Waals surface area contributed by atoms with Crippen molar-refractivity contribution in [3.05, 3.63) is 48.4 Å². The highest BCUT2D eigenvalue weighted by Crippen LogP contribution is 2.39. The molecule has 2 aromatic heterocycles. The van der Waals surface area contributed by atoms with E-state index in [1.165, 1.54) is 12.3 Å². The van der Waals surface area contributed by atoms with Crippen molar-refractivity contribution >= 4 is 22.5 Å². The zero-order chi connectivity index (χ0) is 16.4. The predicted molar refractivity (Wildman–Crippen MR) is 86.0 cm³/mol. The molecule has 0 fully saturated rings. The Hall–Kier alpha value is -2.89. The molecule has 1 aromatic carbocycles. The molecule has 0 radical (unpaired) electrons. The largest absolute Gasteiger partial charge is 0.493 e. The van der Waals surface area contributed by atoms with E-state index in [1.54, 1.807) is 10.6 Å². The number of fused-ring (bicyclic) bond motifs is 1. The van der Waals surface area contributed by atoms with Gasteiger partial charge in [0.15, 0.2) is 11.4 Å².